The predicted molar refractivity (Wildman–Crippen MR) is 21.1 cm³/mol. The molecule has 0 aromatic heterocycles. The van der Waals surface area contributed by atoms with E-state index < -0.39 is 0 Å². The quantitative estimate of drug-likeness (QED) is 0.463. The van der Waals surface area contributed by atoms with Crippen molar-refractivity contribution in [1.29, 1.82) is 15.8 Å². The molecule has 43 valence electrons. The molecule has 0 unspecified atom stereocenters. The fourth-order valence-electron chi connectivity index (χ4n) is 0. The Labute approximate surface area is 78.1 Å². The van der Waals surface area contributed by atoms with E-state index in [1.807, 2.05) is 0 Å². The molecule has 0 N–H and O–H groups in total. The van der Waals surface area contributed by atoms with Crippen molar-refractivity contribution < 1.29 is 42.7 Å². The van der Waals surface area contributed by atoms with Gasteiger partial charge in [0.05, 0.1) is 0 Å². The molecule has 5 heteroatoms. The SMILES string of the molecule is C#N.C#N.C#N.[Au].[H-].[Li+]. The van der Waals surface area contributed by atoms with Crippen molar-refractivity contribution in [3.05, 3.63) is 0 Å². The summed E-state index contributed by atoms with van der Waals surface area (Å²) in [6.45, 7) is 10.5. The number of nitrogens with zero attached hydrogens (tertiary/aromatic N) is 3. The van der Waals surface area contributed by atoms with Crippen LogP contribution in [0.4, 0.5) is 0 Å². The summed E-state index contributed by atoms with van der Waals surface area (Å²) >= 11 is 0. The summed E-state index contributed by atoms with van der Waals surface area (Å²) in [6, 6.07) is 0. The van der Waals surface area contributed by atoms with Crippen LogP contribution < -0.4 is 18.9 Å². The van der Waals surface area contributed by atoms with Crippen LogP contribution in [-0.2, 0) is 22.4 Å². The third kappa shape index (κ3) is 3630. The average Bonchev–Trinajstić information content (AvgIpc) is 1.81. The Morgan fingerprint density at radius 3 is 0.750 bits per heavy atom. The van der Waals surface area contributed by atoms with Gasteiger partial charge in [-0.1, -0.05) is 0 Å². The second-order valence-corrected chi connectivity index (χ2v) is 0. The zero-order valence-corrected chi connectivity index (χ0v) is 6.54. The van der Waals surface area contributed by atoms with E-state index in [-0.39, 0.29) is 42.7 Å². The summed E-state index contributed by atoms with van der Waals surface area (Å²) in [5.41, 5.74) is 0. The van der Waals surface area contributed by atoms with Gasteiger partial charge < -0.3 is 1.43 Å². The molecule has 0 aromatic rings. The van der Waals surface area contributed by atoms with Crippen LogP contribution in [-0.4, -0.2) is 0 Å². The molecule has 0 saturated heterocycles. The van der Waals surface area contributed by atoms with E-state index in [1.165, 1.54) is 0 Å². The van der Waals surface area contributed by atoms with Crippen LogP contribution in [0.2, 0.25) is 0 Å². The Bertz CT molecular complexity index is 47.5. The molecule has 1 radical (unpaired) electrons. The first-order valence-electron chi connectivity index (χ1n) is 0.775. The van der Waals surface area contributed by atoms with Crippen molar-refractivity contribution in [2.75, 3.05) is 0 Å². The van der Waals surface area contributed by atoms with Gasteiger partial charge in [-0.15, -0.1) is 0 Å². The molecule has 0 rings (SSSR count). The molecule has 0 fully saturated rings. The zero-order valence-electron chi connectivity index (χ0n) is 5.38. The van der Waals surface area contributed by atoms with Crippen molar-refractivity contribution in [2.45, 2.75) is 0 Å². The van der Waals surface area contributed by atoms with Crippen LogP contribution in [0.5, 0.6) is 0 Å². The molecule has 0 aliphatic rings. The van der Waals surface area contributed by atoms with E-state index in [0.29, 0.717) is 0 Å². The average molecular weight is 286 g/mol. The molecule has 0 aliphatic heterocycles. The maximum atomic E-state index is 6.50. The zero-order chi connectivity index (χ0) is 6.00. The monoisotopic (exact) mass is 286 g/mol. The molecule has 3 nitrogen and oxygen atoms in total. The standard InChI is InChI=1S/3CHN.Au.Li.H/c3*1-2;;;/h3*1H;;;/q;;;;+1;-1. The Kier molecular flexibility index (Phi) is 35600. The minimum Gasteiger partial charge on any atom is -1.00 e. The first-order chi connectivity index (χ1) is 3.00. The largest absolute Gasteiger partial charge is 1.00 e. The fraction of sp³-hybridized carbons (Fsp3) is 0. The summed E-state index contributed by atoms with van der Waals surface area (Å²) in [5, 5.41) is 19.5. The van der Waals surface area contributed by atoms with Crippen molar-refractivity contribution in [3.63, 3.8) is 0 Å². The summed E-state index contributed by atoms with van der Waals surface area (Å²) in [6.07, 6.45) is 0. The summed E-state index contributed by atoms with van der Waals surface area (Å²) in [7, 11) is 0. The Morgan fingerprint density at radius 2 is 0.750 bits per heavy atom. The van der Waals surface area contributed by atoms with Crippen LogP contribution in [0, 0.1) is 35.5 Å². The predicted octanol–water partition coefficient (Wildman–Crippen LogP) is -2.47. The molecule has 0 aromatic carbocycles. The molecule has 0 heterocycles. The fourth-order valence-corrected chi connectivity index (χ4v) is 0. The van der Waals surface area contributed by atoms with E-state index in [9.17, 15) is 0 Å². The Morgan fingerprint density at radius 1 is 0.750 bits per heavy atom. The molecule has 0 aliphatic carbocycles. The van der Waals surface area contributed by atoms with Gasteiger partial charge in [0.25, 0.3) is 0 Å². The normalized spacial score (nSPS) is 0.750. The Hall–Kier alpha value is -0.192. The first kappa shape index (κ1) is 45.9. The van der Waals surface area contributed by atoms with Crippen LogP contribution in [0.15, 0.2) is 0 Å². The summed E-state index contributed by atoms with van der Waals surface area (Å²) in [4.78, 5) is 0. The van der Waals surface area contributed by atoms with Crippen LogP contribution in [0.25, 0.3) is 0 Å². The molecule has 0 atom stereocenters. The third-order valence-corrected chi connectivity index (χ3v) is 0. The molecular weight excluding hydrogens is 282 g/mol. The van der Waals surface area contributed by atoms with Crippen molar-refractivity contribution in [2.24, 2.45) is 0 Å². The summed E-state index contributed by atoms with van der Waals surface area (Å²) < 4.78 is 0. The van der Waals surface area contributed by atoms with Crippen LogP contribution >= 0.6 is 0 Å². The van der Waals surface area contributed by atoms with Gasteiger partial charge in [-0.3, -0.25) is 0 Å². The van der Waals surface area contributed by atoms with Crippen LogP contribution in [0.3, 0.4) is 0 Å². The first-order valence-corrected chi connectivity index (χ1v) is 0.775. The van der Waals surface area contributed by atoms with Crippen molar-refractivity contribution in [3.8, 4) is 19.7 Å². The van der Waals surface area contributed by atoms with E-state index in [1.54, 1.807) is 0 Å². The van der Waals surface area contributed by atoms with Gasteiger partial charge in [-0.25, -0.2) is 15.8 Å². The third-order valence-electron chi connectivity index (χ3n) is 0. The topological polar surface area (TPSA) is 71.4 Å². The second kappa shape index (κ2) is 6210. The Balaban J connectivity index is -0.00000000321. The van der Waals surface area contributed by atoms with Crippen molar-refractivity contribution in [1.82, 2.24) is 0 Å². The molecular formula is C3H4AuLiN3. The van der Waals surface area contributed by atoms with Gasteiger partial charge in [0.1, 0.15) is 0 Å². The molecule has 0 amide bonds. The van der Waals surface area contributed by atoms with Gasteiger partial charge in [0.2, 0.25) is 0 Å². The van der Waals surface area contributed by atoms with Gasteiger partial charge in [-0.05, 0) is 0 Å². The molecule has 0 bridgehead atoms. The molecule has 0 saturated carbocycles. The minimum absolute atomic E-state index is 0. The van der Waals surface area contributed by atoms with E-state index in [4.69, 9.17) is 15.8 Å². The van der Waals surface area contributed by atoms with Crippen molar-refractivity contribution >= 4 is 0 Å². The molecule has 0 spiro atoms. The summed E-state index contributed by atoms with van der Waals surface area (Å²) in [5.74, 6) is 0. The number of hydrogen-bond donors (Lipinski definition) is 0. The van der Waals surface area contributed by atoms with Crippen LogP contribution in [0.1, 0.15) is 1.43 Å². The maximum Gasteiger partial charge on any atom is 1.00 e. The van der Waals surface area contributed by atoms with E-state index in [2.05, 4.69) is 19.7 Å². The number of nitriles is 3. The number of hydrogen-bond acceptors (Lipinski definition) is 3. The number of rotatable bonds is 0. The van der Waals surface area contributed by atoms with Gasteiger partial charge in [-0.2, -0.15) is 0 Å². The molecule has 8 heavy (non-hydrogen) atoms. The van der Waals surface area contributed by atoms with Gasteiger partial charge in [0, 0.05) is 42.1 Å². The van der Waals surface area contributed by atoms with Gasteiger partial charge in [0.15, 0.2) is 0 Å². The van der Waals surface area contributed by atoms with E-state index in [0.717, 1.165) is 0 Å². The van der Waals surface area contributed by atoms with Gasteiger partial charge >= 0.3 is 18.9 Å². The van der Waals surface area contributed by atoms with E-state index >= 15 is 0 Å². The maximum absolute atomic E-state index is 6.50. The second-order valence-electron chi connectivity index (χ2n) is 0. The minimum atomic E-state index is 0. The smallest absolute Gasteiger partial charge is 1.00 e.